The van der Waals surface area contributed by atoms with Gasteiger partial charge in [0.1, 0.15) is 11.6 Å². The number of hydrogen-bond acceptors (Lipinski definition) is 4. The number of nitrogens with zero attached hydrogens (tertiary/aromatic N) is 2. The molecule has 1 aliphatic carbocycles. The Morgan fingerprint density at radius 2 is 1.51 bits per heavy atom. The minimum Gasteiger partial charge on any atom is -0.389 e. The zero-order valence-corrected chi connectivity index (χ0v) is 27.2. The minimum atomic E-state index is -1.31. The lowest BCUT2D eigenvalue weighted by Crippen LogP contribution is -2.57. The Bertz CT molecular complexity index is 1490. The van der Waals surface area contributed by atoms with Crippen LogP contribution >= 0.6 is 0 Å². The summed E-state index contributed by atoms with van der Waals surface area (Å²) < 4.78 is 27.9. The summed E-state index contributed by atoms with van der Waals surface area (Å²) >= 11 is 0. The number of benzene rings is 3. The van der Waals surface area contributed by atoms with Crippen LogP contribution in [0.5, 0.6) is 0 Å². The maximum atomic E-state index is 14.6. The van der Waals surface area contributed by atoms with E-state index in [4.69, 9.17) is 5.73 Å². The Hall–Kier alpha value is -3.62. The molecule has 0 spiro atoms. The lowest BCUT2D eigenvalue weighted by atomic mass is 9.87. The zero-order chi connectivity index (χ0) is 32.9. The summed E-state index contributed by atoms with van der Waals surface area (Å²) in [5.74, 6) is -1.87. The fourth-order valence-electron chi connectivity index (χ4n) is 6.24. The van der Waals surface area contributed by atoms with Crippen LogP contribution in [0.1, 0.15) is 96.3 Å². The van der Waals surface area contributed by atoms with Crippen LogP contribution in [0.25, 0.3) is 0 Å². The van der Waals surface area contributed by atoms with Crippen LogP contribution < -0.4 is 5.73 Å². The number of aliphatic hydroxyl groups excluding tert-OH is 1. The highest BCUT2D eigenvalue weighted by molar-refractivity contribution is 6.00. The molecule has 2 amide bonds. The fraction of sp³-hybridized carbons (Fsp3) is 0.459. The SMILES string of the molecule is CCCN(CCC)C(=O)c1cc(C)cc(C(=O)N(C[C@@H](O)[C@](C)(N)Cc2cc(F)cc(F)c2)C2(c3cccc(CC)c3)CC2)c1. The number of aryl methyl sites for hydroxylation is 2. The molecule has 4 rings (SSSR count). The molecule has 0 aliphatic heterocycles. The highest BCUT2D eigenvalue weighted by Gasteiger charge is 2.53. The molecule has 0 heterocycles. The van der Waals surface area contributed by atoms with Crippen molar-refractivity contribution in [1.29, 1.82) is 0 Å². The van der Waals surface area contributed by atoms with Crippen molar-refractivity contribution < 1.29 is 23.5 Å². The van der Waals surface area contributed by atoms with Crippen molar-refractivity contribution in [3.63, 3.8) is 0 Å². The van der Waals surface area contributed by atoms with Crippen molar-refractivity contribution in [2.75, 3.05) is 19.6 Å². The summed E-state index contributed by atoms with van der Waals surface area (Å²) in [6.45, 7) is 10.8. The molecule has 1 fully saturated rings. The van der Waals surface area contributed by atoms with Gasteiger partial charge in [-0.05, 0) is 105 Å². The van der Waals surface area contributed by atoms with Crippen molar-refractivity contribution in [2.24, 2.45) is 5.73 Å². The lowest BCUT2D eigenvalue weighted by molar-refractivity contribution is 0.0257. The van der Waals surface area contributed by atoms with E-state index < -0.39 is 28.8 Å². The van der Waals surface area contributed by atoms with Gasteiger partial charge in [-0.3, -0.25) is 9.59 Å². The van der Waals surface area contributed by atoms with Crippen molar-refractivity contribution in [3.8, 4) is 0 Å². The first-order chi connectivity index (χ1) is 21.3. The first-order valence-corrected chi connectivity index (χ1v) is 16.1. The number of carbonyl (C=O) groups excluding carboxylic acids is 2. The largest absolute Gasteiger partial charge is 0.389 e. The smallest absolute Gasteiger partial charge is 0.254 e. The fourth-order valence-corrected chi connectivity index (χ4v) is 6.24. The molecule has 0 radical (unpaired) electrons. The van der Waals surface area contributed by atoms with Crippen LogP contribution in [-0.2, 0) is 18.4 Å². The molecular weight excluding hydrogens is 572 g/mol. The van der Waals surface area contributed by atoms with Gasteiger partial charge in [-0.1, -0.05) is 45.0 Å². The van der Waals surface area contributed by atoms with E-state index >= 15 is 0 Å². The van der Waals surface area contributed by atoms with E-state index in [1.807, 2.05) is 49.9 Å². The van der Waals surface area contributed by atoms with Crippen molar-refractivity contribution >= 4 is 11.8 Å². The molecule has 0 saturated heterocycles. The molecule has 8 heteroatoms. The second kappa shape index (κ2) is 14.2. The molecule has 0 bridgehead atoms. The molecule has 3 N–H and O–H groups in total. The van der Waals surface area contributed by atoms with Crippen molar-refractivity contribution in [1.82, 2.24) is 9.80 Å². The molecule has 2 atom stereocenters. The quantitative estimate of drug-likeness (QED) is 0.214. The summed E-state index contributed by atoms with van der Waals surface area (Å²) in [5, 5.41) is 11.6. The number of halogens is 2. The van der Waals surface area contributed by atoms with Gasteiger partial charge in [-0.25, -0.2) is 8.78 Å². The highest BCUT2D eigenvalue weighted by Crippen LogP contribution is 2.52. The van der Waals surface area contributed by atoms with Gasteiger partial charge in [0, 0.05) is 42.4 Å². The molecule has 0 aromatic heterocycles. The standard InChI is InChI=1S/C37H47F2N3O3/c1-6-14-41(15-7-2)34(44)28-16-25(4)17-29(21-28)35(45)42(37(12-13-37)30-11-9-10-26(8-3)18-30)24-33(43)36(5,40)23-27-19-31(38)22-32(39)20-27/h9-11,16-22,33,43H,6-8,12-15,23-24,40H2,1-5H3/t33-,36-/m1/s1. The highest BCUT2D eigenvalue weighted by atomic mass is 19.1. The number of rotatable bonds is 14. The molecule has 1 aliphatic rings. The Morgan fingerprint density at radius 3 is 2.07 bits per heavy atom. The van der Waals surface area contributed by atoms with Crippen LogP contribution in [0.2, 0.25) is 0 Å². The van der Waals surface area contributed by atoms with Gasteiger partial charge in [-0.15, -0.1) is 0 Å². The van der Waals surface area contributed by atoms with Crippen LogP contribution in [0.3, 0.4) is 0 Å². The average Bonchev–Trinajstić information content (AvgIpc) is 3.80. The van der Waals surface area contributed by atoms with Gasteiger partial charge in [0.15, 0.2) is 0 Å². The second-order valence-corrected chi connectivity index (χ2v) is 12.9. The Balaban J connectivity index is 1.73. The second-order valence-electron chi connectivity index (χ2n) is 12.9. The van der Waals surface area contributed by atoms with E-state index in [1.165, 1.54) is 12.1 Å². The molecule has 3 aromatic rings. The summed E-state index contributed by atoms with van der Waals surface area (Å²) in [6.07, 6.45) is 2.66. The Kier molecular flexibility index (Phi) is 10.8. The van der Waals surface area contributed by atoms with Crippen molar-refractivity contribution in [2.45, 2.75) is 90.3 Å². The Morgan fingerprint density at radius 1 is 0.911 bits per heavy atom. The number of hydrogen-bond donors (Lipinski definition) is 2. The van der Waals surface area contributed by atoms with Gasteiger partial charge in [0.05, 0.1) is 11.6 Å². The predicted octanol–water partition coefficient (Wildman–Crippen LogP) is 6.55. The maximum Gasteiger partial charge on any atom is 0.254 e. The predicted molar refractivity (Wildman–Crippen MR) is 174 cm³/mol. The van der Waals surface area contributed by atoms with E-state index in [-0.39, 0.29) is 24.8 Å². The van der Waals surface area contributed by atoms with E-state index in [1.54, 1.807) is 24.0 Å². The minimum absolute atomic E-state index is 0.00299. The van der Waals surface area contributed by atoms with E-state index in [0.29, 0.717) is 42.6 Å². The van der Waals surface area contributed by atoms with Crippen molar-refractivity contribution in [3.05, 3.63) is 106 Å². The van der Waals surface area contributed by atoms with Crippen LogP contribution in [0.15, 0.2) is 60.7 Å². The molecular formula is C37H47F2N3O3. The normalized spacial score (nSPS) is 15.7. The van der Waals surface area contributed by atoms with Gasteiger partial charge in [0.2, 0.25) is 0 Å². The maximum absolute atomic E-state index is 14.6. The third-order valence-corrected chi connectivity index (χ3v) is 8.83. The Labute approximate surface area is 266 Å². The summed E-state index contributed by atoms with van der Waals surface area (Å²) in [4.78, 5) is 31.6. The number of carbonyl (C=O) groups is 2. The monoisotopic (exact) mass is 619 g/mol. The average molecular weight is 620 g/mol. The van der Waals surface area contributed by atoms with E-state index in [9.17, 15) is 23.5 Å². The van der Waals surface area contributed by atoms with E-state index in [0.717, 1.165) is 42.0 Å². The summed E-state index contributed by atoms with van der Waals surface area (Å²) in [6, 6.07) is 16.6. The van der Waals surface area contributed by atoms with Gasteiger partial charge in [-0.2, -0.15) is 0 Å². The van der Waals surface area contributed by atoms with Crippen LogP contribution in [-0.4, -0.2) is 58.0 Å². The zero-order valence-electron chi connectivity index (χ0n) is 27.2. The topological polar surface area (TPSA) is 86.9 Å². The van der Waals surface area contributed by atoms with Crippen LogP contribution in [0, 0.1) is 18.6 Å². The number of aliphatic hydroxyl groups is 1. The molecule has 1 saturated carbocycles. The van der Waals surface area contributed by atoms with Crippen LogP contribution in [0.4, 0.5) is 8.78 Å². The lowest BCUT2D eigenvalue weighted by Gasteiger charge is -2.39. The molecule has 242 valence electrons. The van der Waals surface area contributed by atoms with Gasteiger partial charge < -0.3 is 20.6 Å². The third kappa shape index (κ3) is 7.97. The molecule has 0 unspecified atom stereocenters. The molecule has 45 heavy (non-hydrogen) atoms. The molecule has 6 nitrogen and oxygen atoms in total. The van der Waals surface area contributed by atoms with E-state index in [2.05, 4.69) is 13.0 Å². The first kappa shape index (κ1) is 34.3. The summed E-state index contributed by atoms with van der Waals surface area (Å²) in [7, 11) is 0. The third-order valence-electron chi connectivity index (χ3n) is 8.83. The molecule has 3 aromatic carbocycles. The first-order valence-electron chi connectivity index (χ1n) is 16.1. The van der Waals surface area contributed by atoms with Gasteiger partial charge >= 0.3 is 0 Å². The van der Waals surface area contributed by atoms with Gasteiger partial charge in [0.25, 0.3) is 11.8 Å². The number of nitrogens with two attached hydrogens (primary N) is 1. The number of amides is 2. The summed E-state index contributed by atoms with van der Waals surface area (Å²) in [5.41, 5.74) is 8.69.